The zero-order valence-electron chi connectivity index (χ0n) is 18.9. The number of nitrogens with one attached hydrogen (secondary N) is 1. The molecular formula is C25H27NO7S. The number of Topliss-reactive ketones (excluding diaryl/α,β-unsaturated/α-hetero) is 1. The Kier molecular flexibility index (Phi) is 8.38. The number of carbonyl (C=O) groups excluding carboxylic acids is 2. The van der Waals surface area contributed by atoms with Crippen molar-refractivity contribution in [3.05, 3.63) is 66.7 Å². The normalized spacial score (nSPS) is 13.3. The summed E-state index contributed by atoms with van der Waals surface area (Å²) in [7, 11) is -3.17. The van der Waals surface area contributed by atoms with Crippen LogP contribution < -0.4 is 10.1 Å². The number of ether oxygens (including phenoxy) is 2. The summed E-state index contributed by atoms with van der Waals surface area (Å²) in [6.45, 7) is 1.66. The van der Waals surface area contributed by atoms with Crippen molar-refractivity contribution < 1.29 is 32.0 Å². The molecule has 3 aromatic rings. The van der Waals surface area contributed by atoms with Crippen LogP contribution in [0.5, 0.6) is 5.75 Å². The van der Waals surface area contributed by atoms with E-state index in [1.54, 1.807) is 30.3 Å². The van der Waals surface area contributed by atoms with Gasteiger partial charge in [0.2, 0.25) is 5.91 Å². The van der Waals surface area contributed by atoms with Crippen molar-refractivity contribution in [1.29, 1.82) is 0 Å². The van der Waals surface area contributed by atoms with Gasteiger partial charge in [-0.05, 0) is 30.5 Å². The van der Waals surface area contributed by atoms with Gasteiger partial charge < -0.3 is 14.8 Å². The second kappa shape index (κ2) is 11.2. The molecule has 1 amide bonds. The van der Waals surface area contributed by atoms with E-state index in [0.717, 1.165) is 0 Å². The fourth-order valence-corrected chi connectivity index (χ4v) is 4.71. The molecule has 34 heavy (non-hydrogen) atoms. The number of amides is 1. The molecular weight excluding hydrogens is 458 g/mol. The summed E-state index contributed by atoms with van der Waals surface area (Å²) in [6.07, 6.45) is -0.434. The lowest BCUT2D eigenvalue weighted by atomic mass is 9.92. The van der Waals surface area contributed by atoms with Gasteiger partial charge in [-0.2, -0.15) is 8.42 Å². The molecule has 0 aliphatic carbocycles. The van der Waals surface area contributed by atoms with Crippen LogP contribution in [0.15, 0.2) is 71.6 Å². The van der Waals surface area contributed by atoms with Crippen LogP contribution in [0, 0.1) is 5.92 Å². The Morgan fingerprint density at radius 3 is 2.32 bits per heavy atom. The first-order chi connectivity index (χ1) is 16.2. The van der Waals surface area contributed by atoms with Crippen LogP contribution in [0.3, 0.4) is 0 Å². The van der Waals surface area contributed by atoms with Gasteiger partial charge in [-0.1, -0.05) is 48.5 Å². The van der Waals surface area contributed by atoms with Crippen LogP contribution in [0.2, 0.25) is 0 Å². The van der Waals surface area contributed by atoms with E-state index in [2.05, 4.69) is 5.32 Å². The number of benzene rings is 3. The maximum atomic E-state index is 12.8. The first-order valence-corrected chi connectivity index (χ1v) is 12.1. The number of hydrogen-bond acceptors (Lipinski definition) is 6. The maximum absolute atomic E-state index is 12.8. The molecule has 9 heteroatoms. The molecule has 0 aliphatic heterocycles. The summed E-state index contributed by atoms with van der Waals surface area (Å²) in [6, 6.07) is 18.9. The lowest BCUT2D eigenvalue weighted by molar-refractivity contribution is -0.130. The second-order valence-electron chi connectivity index (χ2n) is 7.83. The van der Waals surface area contributed by atoms with Crippen molar-refractivity contribution in [3.63, 3.8) is 0 Å². The Morgan fingerprint density at radius 2 is 1.68 bits per heavy atom. The molecule has 0 bridgehead atoms. The molecule has 0 spiro atoms. The molecule has 3 rings (SSSR count). The van der Waals surface area contributed by atoms with Gasteiger partial charge in [-0.25, -0.2) is 0 Å². The van der Waals surface area contributed by atoms with Gasteiger partial charge in [-0.15, -0.1) is 0 Å². The Bertz CT molecular complexity index is 1260. The van der Waals surface area contributed by atoms with Crippen LogP contribution in [0.1, 0.15) is 19.8 Å². The molecule has 0 saturated heterocycles. The second-order valence-corrected chi connectivity index (χ2v) is 9.19. The molecule has 2 atom stereocenters. The topological polar surface area (TPSA) is 119 Å². The molecule has 0 radical (unpaired) electrons. The summed E-state index contributed by atoms with van der Waals surface area (Å²) >= 11 is 0. The third-order valence-corrected chi connectivity index (χ3v) is 6.46. The molecule has 8 nitrogen and oxygen atoms in total. The van der Waals surface area contributed by atoms with Crippen LogP contribution in [-0.4, -0.2) is 44.5 Å². The minimum atomic E-state index is -4.63. The van der Waals surface area contributed by atoms with Crippen LogP contribution >= 0.6 is 0 Å². The summed E-state index contributed by atoms with van der Waals surface area (Å²) in [5.41, 5.74) is -0.0603. The van der Waals surface area contributed by atoms with Crippen LogP contribution in [-0.2, 0) is 24.4 Å². The van der Waals surface area contributed by atoms with Crippen LogP contribution in [0.4, 0.5) is 5.69 Å². The van der Waals surface area contributed by atoms with E-state index in [1.807, 2.05) is 30.3 Å². The number of rotatable bonds is 11. The maximum Gasteiger partial charge on any atom is 0.297 e. The van der Waals surface area contributed by atoms with Crippen LogP contribution in [0.25, 0.3) is 10.8 Å². The van der Waals surface area contributed by atoms with Crippen molar-refractivity contribution in [2.75, 3.05) is 19.0 Å². The number of methoxy groups -OCH3 is 1. The van der Waals surface area contributed by atoms with E-state index in [0.29, 0.717) is 17.6 Å². The van der Waals surface area contributed by atoms with Gasteiger partial charge >= 0.3 is 0 Å². The van der Waals surface area contributed by atoms with Crippen molar-refractivity contribution >= 4 is 38.3 Å². The highest BCUT2D eigenvalue weighted by molar-refractivity contribution is 7.86. The Balaban J connectivity index is 1.74. The zero-order valence-corrected chi connectivity index (χ0v) is 19.7. The van der Waals surface area contributed by atoms with E-state index in [4.69, 9.17) is 9.47 Å². The highest BCUT2D eigenvalue weighted by atomic mass is 32.2. The number of fused-ring (bicyclic) bond motifs is 1. The fourth-order valence-electron chi connectivity index (χ4n) is 3.85. The largest absolute Gasteiger partial charge is 0.493 e. The van der Waals surface area contributed by atoms with E-state index in [-0.39, 0.29) is 29.9 Å². The number of carbonyl (C=O) groups is 2. The minimum absolute atomic E-state index is 0.0603. The van der Waals surface area contributed by atoms with Gasteiger partial charge in [0, 0.05) is 25.3 Å². The molecule has 0 saturated carbocycles. The molecule has 0 aromatic heterocycles. The lowest BCUT2D eigenvalue weighted by Gasteiger charge is -2.24. The Labute approximate surface area is 198 Å². The van der Waals surface area contributed by atoms with Gasteiger partial charge in [-0.3, -0.25) is 14.1 Å². The molecule has 0 aliphatic rings. The number of ketones is 1. The monoisotopic (exact) mass is 485 g/mol. The Hall–Kier alpha value is -3.27. The predicted molar refractivity (Wildman–Crippen MR) is 129 cm³/mol. The minimum Gasteiger partial charge on any atom is -0.493 e. The highest BCUT2D eigenvalue weighted by Gasteiger charge is 2.29. The van der Waals surface area contributed by atoms with Gasteiger partial charge in [0.15, 0.2) is 0 Å². The quantitative estimate of drug-likeness (QED) is 0.392. The molecule has 2 unspecified atom stereocenters. The summed E-state index contributed by atoms with van der Waals surface area (Å²) in [4.78, 5) is 24.8. The predicted octanol–water partition coefficient (Wildman–Crippen LogP) is 4.10. The molecule has 2 N–H and O–H groups in total. The molecule has 0 fully saturated rings. The van der Waals surface area contributed by atoms with Gasteiger partial charge in [0.25, 0.3) is 10.1 Å². The zero-order chi connectivity index (χ0) is 24.7. The van der Waals surface area contributed by atoms with E-state index < -0.39 is 32.9 Å². The van der Waals surface area contributed by atoms with Crippen molar-refractivity contribution in [2.45, 2.75) is 30.8 Å². The average molecular weight is 486 g/mol. The number of para-hydroxylation sites is 1. The third kappa shape index (κ3) is 6.40. The van der Waals surface area contributed by atoms with E-state index in [1.165, 1.54) is 20.1 Å². The van der Waals surface area contributed by atoms with E-state index >= 15 is 0 Å². The summed E-state index contributed by atoms with van der Waals surface area (Å²) in [5, 5.41) is 3.41. The SMILES string of the molecule is COC(CCOc1ccccc1)C(CC(=O)Nc1ccc2ccccc2c1S(=O)(=O)O)C(C)=O. The van der Waals surface area contributed by atoms with Gasteiger partial charge in [0.05, 0.1) is 24.3 Å². The summed E-state index contributed by atoms with van der Waals surface area (Å²) < 4.78 is 45.1. The van der Waals surface area contributed by atoms with Crippen molar-refractivity contribution in [3.8, 4) is 5.75 Å². The fraction of sp³-hybridized carbons (Fsp3) is 0.280. The Morgan fingerprint density at radius 1 is 1.00 bits per heavy atom. The highest BCUT2D eigenvalue weighted by Crippen LogP contribution is 2.31. The smallest absolute Gasteiger partial charge is 0.297 e. The van der Waals surface area contributed by atoms with Gasteiger partial charge in [0.1, 0.15) is 16.4 Å². The molecule has 0 heterocycles. The first-order valence-electron chi connectivity index (χ1n) is 10.7. The average Bonchev–Trinajstić information content (AvgIpc) is 2.80. The molecule has 3 aromatic carbocycles. The van der Waals surface area contributed by atoms with Crippen molar-refractivity contribution in [1.82, 2.24) is 0 Å². The number of hydrogen-bond donors (Lipinski definition) is 2. The first kappa shape index (κ1) is 25.4. The standard InChI is InChI=1S/C25H27NO7S/c1-17(27)21(23(32-2)14-15-33-19-9-4-3-5-10-19)16-24(28)26-22-13-12-18-8-6-7-11-20(18)25(22)34(29,30)31/h3-13,21,23H,14-16H2,1-2H3,(H,26,28)(H,29,30,31). The summed E-state index contributed by atoms with van der Waals surface area (Å²) in [5.74, 6) is -0.899. The third-order valence-electron chi connectivity index (χ3n) is 5.50. The number of anilines is 1. The lowest BCUT2D eigenvalue weighted by Crippen LogP contribution is -2.33. The molecule has 180 valence electrons. The van der Waals surface area contributed by atoms with E-state index in [9.17, 15) is 22.6 Å². The van der Waals surface area contributed by atoms with Crippen molar-refractivity contribution in [2.24, 2.45) is 5.92 Å².